The Hall–Kier alpha value is -2.22. The second-order valence-corrected chi connectivity index (χ2v) is 8.56. The van der Waals surface area contributed by atoms with Gasteiger partial charge in [-0.05, 0) is 36.8 Å². The summed E-state index contributed by atoms with van der Waals surface area (Å²) in [6.45, 7) is 2.73. The Labute approximate surface area is 153 Å². The van der Waals surface area contributed by atoms with E-state index in [0.29, 0.717) is 11.4 Å². The van der Waals surface area contributed by atoms with Crippen LogP contribution in [0, 0.1) is 0 Å². The molecule has 138 valence electrons. The molecule has 0 fully saturated rings. The molecule has 1 atom stereocenters. The SMILES string of the molecule is CC(NCCc1noc2ccccc12)c1cccc(S(=O)(=O)N(C)C)c1. The van der Waals surface area contributed by atoms with Gasteiger partial charge in [-0.3, -0.25) is 0 Å². The summed E-state index contributed by atoms with van der Waals surface area (Å²) in [6.07, 6.45) is 0.733. The van der Waals surface area contributed by atoms with Gasteiger partial charge in [-0.1, -0.05) is 29.4 Å². The number of hydrogen-bond acceptors (Lipinski definition) is 5. The molecule has 0 aliphatic rings. The zero-order chi connectivity index (χ0) is 18.7. The van der Waals surface area contributed by atoms with Gasteiger partial charge in [-0.25, -0.2) is 12.7 Å². The molecule has 0 radical (unpaired) electrons. The Kier molecular flexibility index (Phi) is 5.41. The van der Waals surface area contributed by atoms with Gasteiger partial charge in [-0.2, -0.15) is 0 Å². The van der Waals surface area contributed by atoms with E-state index in [-0.39, 0.29) is 6.04 Å². The number of sulfonamides is 1. The highest BCUT2D eigenvalue weighted by atomic mass is 32.2. The lowest BCUT2D eigenvalue weighted by Gasteiger charge is -2.16. The zero-order valence-electron chi connectivity index (χ0n) is 15.1. The second kappa shape index (κ2) is 7.57. The first kappa shape index (κ1) is 18.6. The van der Waals surface area contributed by atoms with Crippen LogP contribution in [0.15, 0.2) is 57.9 Å². The third-order valence-corrected chi connectivity index (χ3v) is 6.21. The fraction of sp³-hybridized carbons (Fsp3) is 0.316. The molecular weight excluding hydrogens is 350 g/mol. The van der Waals surface area contributed by atoms with Gasteiger partial charge in [0.15, 0.2) is 5.58 Å². The molecule has 1 heterocycles. The van der Waals surface area contributed by atoms with Crippen LogP contribution < -0.4 is 5.32 Å². The first-order valence-electron chi connectivity index (χ1n) is 8.49. The van der Waals surface area contributed by atoms with E-state index < -0.39 is 10.0 Å². The van der Waals surface area contributed by atoms with E-state index in [1.54, 1.807) is 18.2 Å². The summed E-state index contributed by atoms with van der Waals surface area (Å²) in [4.78, 5) is 0.302. The standard InChI is InChI=1S/C19H23N3O3S/c1-14(15-7-6-8-16(13-15)26(23,24)22(2)3)20-12-11-18-17-9-4-5-10-19(17)25-21-18/h4-10,13-14,20H,11-12H2,1-3H3. The highest BCUT2D eigenvalue weighted by Gasteiger charge is 2.18. The molecule has 6 nitrogen and oxygen atoms in total. The average Bonchev–Trinajstić information content (AvgIpc) is 3.05. The molecule has 0 amide bonds. The number of fused-ring (bicyclic) bond motifs is 1. The van der Waals surface area contributed by atoms with Crippen molar-refractivity contribution < 1.29 is 12.9 Å². The Balaban J connectivity index is 1.66. The van der Waals surface area contributed by atoms with Crippen molar-refractivity contribution in [2.75, 3.05) is 20.6 Å². The molecule has 0 aliphatic carbocycles. The van der Waals surface area contributed by atoms with Crippen molar-refractivity contribution in [3.63, 3.8) is 0 Å². The first-order chi connectivity index (χ1) is 12.4. The van der Waals surface area contributed by atoms with Crippen LogP contribution in [0.4, 0.5) is 0 Å². The maximum absolute atomic E-state index is 12.3. The monoisotopic (exact) mass is 373 g/mol. The molecule has 3 rings (SSSR count). The molecule has 2 aromatic carbocycles. The van der Waals surface area contributed by atoms with Crippen LogP contribution >= 0.6 is 0 Å². The van der Waals surface area contributed by atoms with E-state index in [1.165, 1.54) is 18.4 Å². The summed E-state index contributed by atoms with van der Waals surface area (Å²) < 4.78 is 31.1. The molecule has 7 heteroatoms. The van der Waals surface area contributed by atoms with Crippen LogP contribution in [0.2, 0.25) is 0 Å². The van der Waals surface area contributed by atoms with E-state index >= 15 is 0 Å². The van der Waals surface area contributed by atoms with Gasteiger partial charge in [0.05, 0.1) is 10.6 Å². The van der Waals surface area contributed by atoms with E-state index in [1.807, 2.05) is 37.3 Å². The summed E-state index contributed by atoms with van der Waals surface area (Å²) in [5.41, 5.74) is 2.64. The van der Waals surface area contributed by atoms with Crippen molar-refractivity contribution >= 4 is 21.0 Å². The van der Waals surface area contributed by atoms with Gasteiger partial charge >= 0.3 is 0 Å². The fourth-order valence-electron chi connectivity index (χ4n) is 2.80. The lowest BCUT2D eigenvalue weighted by atomic mass is 10.1. The smallest absolute Gasteiger partial charge is 0.242 e. The summed E-state index contributed by atoms with van der Waals surface area (Å²) in [6, 6.07) is 14.9. The normalized spacial score (nSPS) is 13.4. The van der Waals surface area contributed by atoms with Crippen LogP contribution in [0.1, 0.15) is 24.2 Å². The number of para-hydroxylation sites is 1. The molecule has 0 spiro atoms. The van der Waals surface area contributed by atoms with Gasteiger partial charge in [0.1, 0.15) is 0 Å². The number of rotatable bonds is 7. The fourth-order valence-corrected chi connectivity index (χ4v) is 3.76. The predicted octanol–water partition coefficient (Wildman–Crippen LogP) is 2.97. The Morgan fingerprint density at radius 1 is 1.15 bits per heavy atom. The minimum Gasteiger partial charge on any atom is -0.356 e. The minimum absolute atomic E-state index is 0.0190. The molecule has 3 aromatic rings. The number of nitrogens with one attached hydrogen (secondary N) is 1. The summed E-state index contributed by atoms with van der Waals surface area (Å²) in [7, 11) is -0.363. The molecule has 1 aromatic heterocycles. The number of benzene rings is 2. The largest absolute Gasteiger partial charge is 0.356 e. The Morgan fingerprint density at radius 2 is 1.92 bits per heavy atom. The van der Waals surface area contributed by atoms with Crippen LogP contribution in [0.25, 0.3) is 11.0 Å². The average molecular weight is 373 g/mol. The van der Waals surface area contributed by atoms with Crippen molar-refractivity contribution in [1.29, 1.82) is 0 Å². The van der Waals surface area contributed by atoms with Crippen molar-refractivity contribution in [3.05, 3.63) is 59.8 Å². The van der Waals surface area contributed by atoms with Gasteiger partial charge < -0.3 is 9.84 Å². The number of aromatic nitrogens is 1. The molecule has 0 bridgehead atoms. The Bertz CT molecular complexity index is 996. The quantitative estimate of drug-likeness (QED) is 0.689. The van der Waals surface area contributed by atoms with Crippen LogP contribution in [-0.2, 0) is 16.4 Å². The number of nitrogens with zero attached hydrogens (tertiary/aromatic N) is 2. The lowest BCUT2D eigenvalue weighted by Crippen LogP contribution is -2.24. The predicted molar refractivity (Wildman–Crippen MR) is 101 cm³/mol. The minimum atomic E-state index is -3.43. The molecule has 0 saturated carbocycles. The number of hydrogen-bond donors (Lipinski definition) is 1. The van der Waals surface area contributed by atoms with Crippen LogP contribution in [0.3, 0.4) is 0 Å². The molecular formula is C19H23N3O3S. The Morgan fingerprint density at radius 3 is 2.69 bits per heavy atom. The van der Waals surface area contributed by atoms with Crippen molar-refractivity contribution in [1.82, 2.24) is 14.8 Å². The maximum Gasteiger partial charge on any atom is 0.242 e. The van der Waals surface area contributed by atoms with Gasteiger partial charge in [0, 0.05) is 38.5 Å². The van der Waals surface area contributed by atoms with E-state index in [0.717, 1.165) is 28.6 Å². The van der Waals surface area contributed by atoms with E-state index in [4.69, 9.17) is 4.52 Å². The highest BCUT2D eigenvalue weighted by Crippen LogP contribution is 2.20. The first-order valence-corrected chi connectivity index (χ1v) is 9.93. The summed E-state index contributed by atoms with van der Waals surface area (Å²) >= 11 is 0. The van der Waals surface area contributed by atoms with Gasteiger partial charge in [-0.15, -0.1) is 0 Å². The molecule has 1 unspecified atom stereocenters. The van der Waals surface area contributed by atoms with Crippen molar-refractivity contribution in [3.8, 4) is 0 Å². The van der Waals surface area contributed by atoms with Crippen LogP contribution in [0.5, 0.6) is 0 Å². The molecule has 1 N–H and O–H groups in total. The second-order valence-electron chi connectivity index (χ2n) is 6.41. The van der Waals surface area contributed by atoms with Gasteiger partial charge in [0.2, 0.25) is 10.0 Å². The van der Waals surface area contributed by atoms with E-state index in [9.17, 15) is 8.42 Å². The molecule has 0 saturated heterocycles. The van der Waals surface area contributed by atoms with Crippen molar-refractivity contribution in [2.45, 2.75) is 24.3 Å². The zero-order valence-corrected chi connectivity index (χ0v) is 16.0. The topological polar surface area (TPSA) is 75.4 Å². The maximum atomic E-state index is 12.3. The lowest BCUT2D eigenvalue weighted by molar-refractivity contribution is 0.443. The van der Waals surface area contributed by atoms with E-state index in [2.05, 4.69) is 10.5 Å². The third-order valence-electron chi connectivity index (χ3n) is 4.40. The van der Waals surface area contributed by atoms with Crippen molar-refractivity contribution in [2.24, 2.45) is 0 Å². The molecule has 26 heavy (non-hydrogen) atoms. The summed E-state index contributed by atoms with van der Waals surface area (Å²) in [5, 5.41) is 8.58. The summed E-state index contributed by atoms with van der Waals surface area (Å²) in [5.74, 6) is 0. The highest BCUT2D eigenvalue weighted by molar-refractivity contribution is 7.89. The van der Waals surface area contributed by atoms with Gasteiger partial charge in [0.25, 0.3) is 0 Å². The molecule has 0 aliphatic heterocycles. The third kappa shape index (κ3) is 3.80. The van der Waals surface area contributed by atoms with Crippen LogP contribution in [-0.4, -0.2) is 38.5 Å².